The lowest BCUT2D eigenvalue weighted by Crippen LogP contribution is -2.32. The maximum absolute atomic E-state index is 12.2. The van der Waals surface area contributed by atoms with Gasteiger partial charge in [0.15, 0.2) is 0 Å². The molecular weight excluding hydrogens is 408 g/mol. The summed E-state index contributed by atoms with van der Waals surface area (Å²) in [6.07, 6.45) is 4.70. The molecule has 170 valence electrons. The zero-order valence-electron chi connectivity index (χ0n) is 19.2. The van der Waals surface area contributed by atoms with Crippen LogP contribution in [0.2, 0.25) is 0 Å². The van der Waals surface area contributed by atoms with Gasteiger partial charge in [-0.2, -0.15) is 0 Å². The molecule has 0 unspecified atom stereocenters. The van der Waals surface area contributed by atoms with Crippen molar-refractivity contribution in [3.05, 3.63) is 65.2 Å². The Labute approximate surface area is 187 Å². The molecule has 0 radical (unpaired) electrons. The Hall–Kier alpha value is -2.34. The molecule has 0 heterocycles. The van der Waals surface area contributed by atoms with Gasteiger partial charge in [0.25, 0.3) is 0 Å². The fraction of sp³-hybridized carbons (Fsp3) is 0.480. The second kappa shape index (κ2) is 11.9. The Balaban J connectivity index is 1.73. The van der Waals surface area contributed by atoms with Gasteiger partial charge >= 0.3 is 0 Å². The van der Waals surface area contributed by atoms with E-state index in [0.29, 0.717) is 37.5 Å². The minimum atomic E-state index is -3.39. The van der Waals surface area contributed by atoms with Gasteiger partial charge in [-0.1, -0.05) is 57.2 Å². The average molecular weight is 445 g/mol. The van der Waals surface area contributed by atoms with Crippen LogP contribution in [0.5, 0.6) is 0 Å². The summed E-state index contributed by atoms with van der Waals surface area (Å²) in [6.45, 7) is 7.34. The van der Waals surface area contributed by atoms with E-state index >= 15 is 0 Å². The lowest BCUT2D eigenvalue weighted by Gasteiger charge is -2.22. The average Bonchev–Trinajstić information content (AvgIpc) is 2.74. The van der Waals surface area contributed by atoms with Crippen molar-refractivity contribution >= 4 is 21.6 Å². The third-order valence-electron chi connectivity index (χ3n) is 5.41. The molecule has 1 amide bonds. The minimum absolute atomic E-state index is 0.0371. The highest BCUT2D eigenvalue weighted by Crippen LogP contribution is 2.19. The van der Waals surface area contributed by atoms with Gasteiger partial charge in [0.1, 0.15) is 0 Å². The normalized spacial score (nSPS) is 11.5. The van der Waals surface area contributed by atoms with Gasteiger partial charge in [-0.15, -0.1) is 0 Å². The van der Waals surface area contributed by atoms with Crippen molar-refractivity contribution in [3.63, 3.8) is 0 Å². The molecule has 0 saturated heterocycles. The van der Waals surface area contributed by atoms with Gasteiger partial charge in [-0.05, 0) is 60.4 Å². The predicted molar refractivity (Wildman–Crippen MR) is 129 cm³/mol. The smallest absolute Gasteiger partial charge is 0.232 e. The highest BCUT2D eigenvalue weighted by atomic mass is 32.2. The predicted octanol–water partition coefficient (Wildman–Crippen LogP) is 4.67. The number of hydrogen-bond acceptors (Lipinski definition) is 3. The molecule has 6 heteroatoms. The molecule has 0 fully saturated rings. The number of nitrogens with one attached hydrogen (secondary N) is 1. The Morgan fingerprint density at radius 1 is 0.968 bits per heavy atom. The number of amides is 1. The topological polar surface area (TPSA) is 66.5 Å². The van der Waals surface area contributed by atoms with Crippen LogP contribution in [0, 0.1) is 0 Å². The highest BCUT2D eigenvalue weighted by Gasteiger charge is 2.17. The van der Waals surface area contributed by atoms with E-state index < -0.39 is 10.0 Å². The van der Waals surface area contributed by atoms with Crippen molar-refractivity contribution in [2.45, 2.75) is 58.8 Å². The summed E-state index contributed by atoms with van der Waals surface area (Å²) in [5.74, 6) is 0.493. The molecule has 0 bridgehead atoms. The number of anilines is 1. The van der Waals surface area contributed by atoms with Gasteiger partial charge in [0.05, 0.1) is 11.9 Å². The van der Waals surface area contributed by atoms with Crippen molar-refractivity contribution in [1.29, 1.82) is 0 Å². The van der Waals surface area contributed by atoms with E-state index in [1.54, 1.807) is 0 Å². The molecule has 0 spiro atoms. The first-order valence-electron chi connectivity index (χ1n) is 11.1. The van der Waals surface area contributed by atoms with Crippen LogP contribution < -0.4 is 9.62 Å². The number of hydrogen-bond donors (Lipinski definition) is 1. The van der Waals surface area contributed by atoms with Gasteiger partial charge in [-0.3, -0.25) is 9.10 Å². The number of benzene rings is 2. The van der Waals surface area contributed by atoms with Crippen LogP contribution in [0.3, 0.4) is 0 Å². The molecule has 1 N–H and O–H groups in total. The van der Waals surface area contributed by atoms with E-state index in [9.17, 15) is 13.2 Å². The molecule has 31 heavy (non-hydrogen) atoms. The van der Waals surface area contributed by atoms with Crippen molar-refractivity contribution in [1.82, 2.24) is 5.32 Å². The Kier molecular flexibility index (Phi) is 9.56. The Morgan fingerprint density at radius 3 is 2.13 bits per heavy atom. The summed E-state index contributed by atoms with van der Waals surface area (Å²) in [7, 11) is -3.39. The Morgan fingerprint density at radius 2 is 1.58 bits per heavy atom. The molecule has 0 aliphatic rings. The van der Waals surface area contributed by atoms with Crippen molar-refractivity contribution in [3.8, 4) is 0 Å². The molecule has 0 atom stereocenters. The SMILES string of the molecule is CCc1ccc(N(CCCC(=O)NCCCc2ccc(C(C)C)cc2)S(C)(=O)=O)cc1. The fourth-order valence-corrected chi connectivity index (χ4v) is 4.41. The second-order valence-corrected chi connectivity index (χ2v) is 10.2. The number of sulfonamides is 1. The van der Waals surface area contributed by atoms with Crippen molar-refractivity contribution in [2.75, 3.05) is 23.7 Å². The van der Waals surface area contributed by atoms with Crippen LogP contribution in [0.1, 0.15) is 62.6 Å². The standard InChI is InChI=1S/C25H36N2O3S/c1-5-21-12-16-24(17-13-21)27(31(4,29)30)19-7-9-25(28)26-18-6-8-22-10-14-23(15-11-22)20(2)3/h10-17,20H,5-9,18-19H2,1-4H3,(H,26,28). The van der Waals surface area contributed by atoms with E-state index in [4.69, 9.17) is 0 Å². The summed E-state index contributed by atoms with van der Waals surface area (Å²) < 4.78 is 25.8. The summed E-state index contributed by atoms with van der Waals surface area (Å²) in [6, 6.07) is 16.2. The molecule has 0 saturated carbocycles. The van der Waals surface area contributed by atoms with E-state index in [0.717, 1.165) is 24.8 Å². The lowest BCUT2D eigenvalue weighted by atomic mass is 10.0. The summed E-state index contributed by atoms with van der Waals surface area (Å²) in [5.41, 5.74) is 4.41. The first-order valence-corrected chi connectivity index (χ1v) is 13.0. The van der Waals surface area contributed by atoms with Gasteiger partial charge in [-0.25, -0.2) is 8.42 Å². The van der Waals surface area contributed by atoms with Crippen LogP contribution in [0.15, 0.2) is 48.5 Å². The van der Waals surface area contributed by atoms with E-state index in [1.165, 1.54) is 21.7 Å². The number of carbonyl (C=O) groups is 1. The molecule has 2 aromatic carbocycles. The highest BCUT2D eigenvalue weighted by molar-refractivity contribution is 7.92. The van der Waals surface area contributed by atoms with E-state index in [1.807, 2.05) is 24.3 Å². The number of nitrogens with zero attached hydrogens (tertiary/aromatic N) is 1. The van der Waals surface area contributed by atoms with Gasteiger partial charge < -0.3 is 5.32 Å². The molecule has 2 aromatic rings. The van der Waals surface area contributed by atoms with E-state index in [-0.39, 0.29) is 5.91 Å². The molecule has 5 nitrogen and oxygen atoms in total. The van der Waals surface area contributed by atoms with Crippen LogP contribution >= 0.6 is 0 Å². The first-order chi connectivity index (χ1) is 14.7. The van der Waals surface area contributed by atoms with Gasteiger partial charge in [0, 0.05) is 19.5 Å². The monoisotopic (exact) mass is 444 g/mol. The van der Waals surface area contributed by atoms with E-state index in [2.05, 4.69) is 50.4 Å². The number of rotatable bonds is 12. The largest absolute Gasteiger partial charge is 0.356 e. The van der Waals surface area contributed by atoms with Crippen LogP contribution in [0.25, 0.3) is 0 Å². The zero-order valence-corrected chi connectivity index (χ0v) is 20.0. The summed E-state index contributed by atoms with van der Waals surface area (Å²) in [4.78, 5) is 12.1. The zero-order chi connectivity index (χ0) is 22.9. The fourth-order valence-electron chi connectivity index (χ4n) is 3.45. The van der Waals surface area contributed by atoms with Gasteiger partial charge in [0.2, 0.25) is 15.9 Å². The molecule has 2 rings (SSSR count). The summed E-state index contributed by atoms with van der Waals surface area (Å²) >= 11 is 0. The third kappa shape index (κ3) is 8.37. The summed E-state index contributed by atoms with van der Waals surface area (Å²) in [5, 5.41) is 2.94. The second-order valence-electron chi connectivity index (χ2n) is 8.31. The molecular formula is C25H36N2O3S. The third-order valence-corrected chi connectivity index (χ3v) is 6.60. The number of carbonyl (C=O) groups excluding carboxylic acids is 1. The lowest BCUT2D eigenvalue weighted by molar-refractivity contribution is -0.121. The first kappa shape index (κ1) is 24.9. The van der Waals surface area contributed by atoms with Crippen molar-refractivity contribution in [2.24, 2.45) is 0 Å². The minimum Gasteiger partial charge on any atom is -0.356 e. The molecule has 0 aliphatic heterocycles. The molecule has 0 aliphatic carbocycles. The van der Waals surface area contributed by atoms with Crippen LogP contribution in [-0.4, -0.2) is 33.7 Å². The Bertz CT molecular complexity index is 920. The quantitative estimate of drug-likeness (QED) is 0.484. The number of aryl methyl sites for hydroxylation is 2. The van der Waals surface area contributed by atoms with Crippen LogP contribution in [0.4, 0.5) is 5.69 Å². The van der Waals surface area contributed by atoms with Crippen LogP contribution in [-0.2, 0) is 27.7 Å². The molecule has 0 aromatic heterocycles. The van der Waals surface area contributed by atoms with Crippen molar-refractivity contribution < 1.29 is 13.2 Å². The maximum atomic E-state index is 12.2. The maximum Gasteiger partial charge on any atom is 0.232 e.